The molecule has 0 unspecified atom stereocenters. The number of anilines is 1. The van der Waals surface area contributed by atoms with Gasteiger partial charge in [0.15, 0.2) is 0 Å². The third-order valence-electron chi connectivity index (χ3n) is 3.51. The molecule has 0 bridgehead atoms. The zero-order valence-electron chi connectivity index (χ0n) is 14.5. The lowest BCUT2D eigenvalue weighted by atomic mass is 10.1. The van der Waals surface area contributed by atoms with Gasteiger partial charge in [0.25, 0.3) is 11.6 Å². The molecule has 30 heavy (non-hydrogen) atoms. The van der Waals surface area contributed by atoms with E-state index in [2.05, 4.69) is 15.5 Å². The van der Waals surface area contributed by atoms with Gasteiger partial charge in [-0.1, -0.05) is 23.5 Å². The summed E-state index contributed by atoms with van der Waals surface area (Å²) in [7, 11) is 0. The number of rotatable bonds is 5. The monoisotopic (exact) mass is 435 g/mol. The van der Waals surface area contributed by atoms with E-state index in [1.54, 1.807) is 12.1 Å². The number of nitrogens with zero attached hydrogens (tertiary/aromatic N) is 4. The maximum absolute atomic E-state index is 12.5. The lowest BCUT2D eigenvalue weighted by Crippen LogP contribution is -2.13. The maximum Gasteiger partial charge on any atom is 0.445 e. The molecule has 13 heteroatoms. The summed E-state index contributed by atoms with van der Waals surface area (Å²) in [6.45, 7) is 0. The number of aromatic nitrogens is 2. The number of carbonyl (C=O) groups is 1. The minimum atomic E-state index is -4.70. The molecular weight excluding hydrogens is 427 g/mol. The van der Waals surface area contributed by atoms with E-state index in [0.29, 0.717) is 5.56 Å². The van der Waals surface area contributed by atoms with Crippen LogP contribution in [0.25, 0.3) is 17.4 Å². The summed E-state index contributed by atoms with van der Waals surface area (Å²) in [6.07, 6.45) is -3.63. The average Bonchev–Trinajstić information content (AvgIpc) is 3.35. The third-order valence-corrected chi connectivity index (χ3v) is 4.39. The van der Waals surface area contributed by atoms with Crippen LogP contribution in [0, 0.1) is 21.4 Å². The molecule has 0 aliphatic rings. The number of halogens is 3. The Morgan fingerprint density at radius 3 is 2.70 bits per heavy atom. The molecule has 2 aromatic heterocycles. The Morgan fingerprint density at radius 2 is 2.07 bits per heavy atom. The first kappa shape index (κ1) is 20.7. The van der Waals surface area contributed by atoms with Crippen LogP contribution < -0.4 is 5.32 Å². The summed E-state index contributed by atoms with van der Waals surface area (Å²) in [5.41, 5.74) is -0.201. The van der Waals surface area contributed by atoms with Crippen molar-refractivity contribution in [2.75, 3.05) is 5.32 Å². The lowest BCUT2D eigenvalue weighted by Gasteiger charge is -1.99. The highest BCUT2D eigenvalue weighted by Crippen LogP contribution is 2.33. The van der Waals surface area contributed by atoms with E-state index in [1.807, 2.05) is 0 Å². The fourth-order valence-electron chi connectivity index (χ4n) is 2.20. The molecule has 0 atom stereocenters. The second-order valence-electron chi connectivity index (χ2n) is 5.54. The molecule has 3 aromatic rings. The van der Waals surface area contributed by atoms with E-state index >= 15 is 0 Å². The first-order valence-corrected chi connectivity index (χ1v) is 8.67. The number of non-ortho nitro benzene ring substituents is 1. The topological polar surface area (TPSA) is 135 Å². The normalized spacial score (nSPS) is 11.7. The summed E-state index contributed by atoms with van der Waals surface area (Å²) in [4.78, 5) is 22.4. The zero-order valence-corrected chi connectivity index (χ0v) is 15.3. The number of nitro groups is 1. The van der Waals surface area contributed by atoms with Gasteiger partial charge in [-0.15, -0.1) is 10.2 Å². The molecule has 0 radical (unpaired) electrons. The number of carbonyl (C=O) groups excluding carboxylic acids is 1. The number of nitrogens with one attached hydrogen (secondary N) is 1. The SMILES string of the molecule is N#CC(=Cc1ccc(-c2cccc([N+](=O)[O-])c2)o1)C(=O)Nc1nnc(C(F)(F)F)s1. The van der Waals surface area contributed by atoms with Crippen molar-refractivity contribution in [3.05, 3.63) is 62.9 Å². The summed E-state index contributed by atoms with van der Waals surface area (Å²) in [5.74, 6) is -0.672. The molecule has 9 nitrogen and oxygen atoms in total. The molecule has 0 aliphatic carbocycles. The number of amides is 1. The molecule has 152 valence electrons. The number of hydrogen-bond acceptors (Lipinski definition) is 8. The van der Waals surface area contributed by atoms with Gasteiger partial charge in [0.2, 0.25) is 10.1 Å². The number of benzene rings is 1. The zero-order chi connectivity index (χ0) is 21.9. The second-order valence-corrected chi connectivity index (χ2v) is 6.52. The van der Waals surface area contributed by atoms with Crippen molar-refractivity contribution >= 4 is 34.1 Å². The number of alkyl halides is 3. The van der Waals surface area contributed by atoms with Crippen LogP contribution in [0.4, 0.5) is 24.0 Å². The van der Waals surface area contributed by atoms with Crippen molar-refractivity contribution in [3.8, 4) is 17.4 Å². The Hall–Kier alpha value is -4.05. The van der Waals surface area contributed by atoms with Crippen LogP contribution in [0.5, 0.6) is 0 Å². The minimum absolute atomic E-state index is 0.0800. The van der Waals surface area contributed by atoms with Crippen LogP contribution in [0.15, 0.2) is 46.4 Å². The smallest absolute Gasteiger partial charge is 0.445 e. The number of nitro benzene ring substituents is 1. The largest absolute Gasteiger partial charge is 0.457 e. The fraction of sp³-hybridized carbons (Fsp3) is 0.0588. The summed E-state index contributed by atoms with van der Waals surface area (Å²) in [5, 5.41) is 26.6. The number of nitriles is 1. The Bertz CT molecular complexity index is 1190. The van der Waals surface area contributed by atoms with Crippen LogP contribution in [-0.2, 0) is 11.0 Å². The van der Waals surface area contributed by atoms with Gasteiger partial charge in [0, 0.05) is 23.8 Å². The Morgan fingerprint density at radius 1 is 1.30 bits per heavy atom. The first-order chi connectivity index (χ1) is 14.2. The maximum atomic E-state index is 12.5. The van der Waals surface area contributed by atoms with Gasteiger partial charge in [0.1, 0.15) is 23.2 Å². The standard InChI is InChI=1S/C17H8F3N5O4S/c18-17(19,20)15-23-24-16(30-15)22-14(26)10(8-21)7-12-4-5-13(29-12)9-2-1-3-11(6-9)25(27)28/h1-7H,(H,22,24,26). The quantitative estimate of drug-likeness (QED) is 0.274. The van der Waals surface area contributed by atoms with Gasteiger partial charge < -0.3 is 4.42 Å². The number of hydrogen-bond donors (Lipinski definition) is 1. The summed E-state index contributed by atoms with van der Waals surface area (Å²) in [6, 6.07) is 10.2. The lowest BCUT2D eigenvalue weighted by molar-refractivity contribution is -0.384. The van der Waals surface area contributed by atoms with E-state index in [1.165, 1.54) is 30.3 Å². The number of furan rings is 1. The van der Waals surface area contributed by atoms with Crippen molar-refractivity contribution in [3.63, 3.8) is 0 Å². The Kier molecular flexibility index (Phi) is 5.61. The third kappa shape index (κ3) is 4.67. The molecule has 0 aliphatic heterocycles. The van der Waals surface area contributed by atoms with E-state index in [0.717, 1.165) is 6.08 Å². The van der Waals surface area contributed by atoms with Crippen molar-refractivity contribution in [2.24, 2.45) is 0 Å². The van der Waals surface area contributed by atoms with Gasteiger partial charge in [0.05, 0.1) is 4.92 Å². The van der Waals surface area contributed by atoms with E-state index in [9.17, 15) is 33.3 Å². The average molecular weight is 435 g/mol. The predicted molar refractivity (Wildman–Crippen MR) is 97.9 cm³/mol. The van der Waals surface area contributed by atoms with Crippen LogP contribution in [0.3, 0.4) is 0 Å². The van der Waals surface area contributed by atoms with Crippen molar-refractivity contribution in [1.82, 2.24) is 10.2 Å². The van der Waals surface area contributed by atoms with Crippen molar-refractivity contribution < 1.29 is 27.3 Å². The van der Waals surface area contributed by atoms with Crippen LogP contribution >= 0.6 is 11.3 Å². The van der Waals surface area contributed by atoms with Crippen LogP contribution in [-0.4, -0.2) is 21.0 Å². The molecule has 0 fully saturated rings. The molecule has 0 spiro atoms. The molecule has 0 saturated carbocycles. The van der Waals surface area contributed by atoms with Gasteiger partial charge in [-0.25, -0.2) is 0 Å². The van der Waals surface area contributed by atoms with Gasteiger partial charge in [-0.3, -0.25) is 20.2 Å². The Balaban J connectivity index is 1.79. The summed E-state index contributed by atoms with van der Waals surface area (Å²) < 4.78 is 43.1. The van der Waals surface area contributed by atoms with Gasteiger partial charge in [-0.2, -0.15) is 18.4 Å². The predicted octanol–water partition coefficient (Wildman–Crippen LogP) is 4.27. The van der Waals surface area contributed by atoms with Gasteiger partial charge >= 0.3 is 6.18 Å². The highest BCUT2D eigenvalue weighted by Gasteiger charge is 2.35. The molecule has 1 amide bonds. The van der Waals surface area contributed by atoms with E-state index < -0.39 is 32.7 Å². The first-order valence-electron chi connectivity index (χ1n) is 7.86. The van der Waals surface area contributed by atoms with Crippen molar-refractivity contribution in [2.45, 2.75) is 6.18 Å². The molecule has 1 aromatic carbocycles. The highest BCUT2D eigenvalue weighted by atomic mass is 32.1. The van der Waals surface area contributed by atoms with Crippen LogP contribution in [0.1, 0.15) is 10.8 Å². The highest BCUT2D eigenvalue weighted by molar-refractivity contribution is 7.15. The van der Waals surface area contributed by atoms with Gasteiger partial charge in [-0.05, 0) is 12.1 Å². The molecule has 1 N–H and O–H groups in total. The minimum Gasteiger partial charge on any atom is -0.457 e. The molecular formula is C17H8F3N5O4S. The molecule has 0 saturated heterocycles. The molecule has 2 heterocycles. The van der Waals surface area contributed by atoms with E-state index in [-0.39, 0.29) is 28.5 Å². The second kappa shape index (κ2) is 8.13. The van der Waals surface area contributed by atoms with Crippen LogP contribution in [0.2, 0.25) is 0 Å². The summed E-state index contributed by atoms with van der Waals surface area (Å²) >= 11 is 0.113. The fourth-order valence-corrected chi connectivity index (χ4v) is 2.81. The van der Waals surface area contributed by atoms with Crippen molar-refractivity contribution in [1.29, 1.82) is 5.26 Å². The molecule has 3 rings (SSSR count). The van der Waals surface area contributed by atoms with E-state index in [4.69, 9.17) is 4.42 Å². The Labute approximate surface area is 169 Å².